The second-order valence-electron chi connectivity index (χ2n) is 5.01. The first-order chi connectivity index (χ1) is 11.1. The lowest BCUT2D eigenvalue weighted by Crippen LogP contribution is -2.23. The number of hydrogen-bond acceptors (Lipinski definition) is 3. The van der Waals surface area contributed by atoms with E-state index in [9.17, 15) is 22.0 Å². The molecule has 0 fully saturated rings. The average molecular weight is 375 g/mol. The van der Waals surface area contributed by atoms with Crippen molar-refractivity contribution in [2.75, 3.05) is 19.4 Å². The molecule has 2 aromatic carbocycles. The highest BCUT2D eigenvalue weighted by molar-refractivity contribution is 7.89. The molecule has 2 rings (SSSR count). The highest BCUT2D eigenvalue weighted by Crippen LogP contribution is 2.24. The summed E-state index contributed by atoms with van der Waals surface area (Å²) in [6.45, 7) is 0. The normalized spacial score (nSPS) is 11.6. The summed E-state index contributed by atoms with van der Waals surface area (Å²) >= 11 is 5.93. The standard InChI is InChI=1S/C15H13ClF2N2O3S/c1-20(2)24(22,23)10-4-5-12(16)11(8-10)15(21)19-14-6-3-9(17)7-13(14)18/h3-8H,1-2H3,(H,19,21). The number of benzene rings is 2. The van der Waals surface area contributed by atoms with Gasteiger partial charge in [0, 0.05) is 20.2 Å². The molecule has 1 amide bonds. The Morgan fingerprint density at radius 3 is 2.38 bits per heavy atom. The van der Waals surface area contributed by atoms with E-state index in [1.54, 1.807) is 0 Å². The van der Waals surface area contributed by atoms with Gasteiger partial charge < -0.3 is 5.32 Å². The number of anilines is 1. The van der Waals surface area contributed by atoms with Gasteiger partial charge in [0.25, 0.3) is 5.91 Å². The monoisotopic (exact) mass is 374 g/mol. The fourth-order valence-electron chi connectivity index (χ4n) is 1.83. The molecule has 0 aromatic heterocycles. The molecule has 0 radical (unpaired) electrons. The van der Waals surface area contributed by atoms with Crippen LogP contribution >= 0.6 is 11.6 Å². The van der Waals surface area contributed by atoms with E-state index >= 15 is 0 Å². The molecule has 9 heteroatoms. The molecule has 128 valence electrons. The average Bonchev–Trinajstić information content (AvgIpc) is 2.50. The van der Waals surface area contributed by atoms with Gasteiger partial charge in [-0.05, 0) is 30.3 Å². The first-order valence-corrected chi connectivity index (χ1v) is 8.43. The molecule has 2 aromatic rings. The predicted molar refractivity (Wildman–Crippen MR) is 86.6 cm³/mol. The SMILES string of the molecule is CN(C)S(=O)(=O)c1ccc(Cl)c(C(=O)Nc2ccc(F)cc2F)c1. The van der Waals surface area contributed by atoms with Gasteiger partial charge in [-0.15, -0.1) is 0 Å². The maximum Gasteiger partial charge on any atom is 0.257 e. The van der Waals surface area contributed by atoms with E-state index in [1.807, 2.05) is 0 Å². The molecule has 0 atom stereocenters. The Labute approximate surface area is 142 Å². The molecule has 0 aliphatic heterocycles. The molecule has 0 saturated heterocycles. The highest BCUT2D eigenvalue weighted by Gasteiger charge is 2.21. The molecule has 0 spiro atoms. The van der Waals surface area contributed by atoms with E-state index < -0.39 is 27.6 Å². The van der Waals surface area contributed by atoms with Crippen LogP contribution in [0.5, 0.6) is 0 Å². The number of hydrogen-bond donors (Lipinski definition) is 1. The maximum absolute atomic E-state index is 13.6. The minimum atomic E-state index is -3.77. The van der Waals surface area contributed by atoms with Gasteiger partial charge in [-0.1, -0.05) is 11.6 Å². The molecule has 0 saturated carbocycles. The molecular weight excluding hydrogens is 362 g/mol. The smallest absolute Gasteiger partial charge is 0.257 e. The van der Waals surface area contributed by atoms with Gasteiger partial charge in [-0.2, -0.15) is 0 Å². The van der Waals surface area contributed by atoms with Crippen LogP contribution in [0.15, 0.2) is 41.3 Å². The van der Waals surface area contributed by atoms with E-state index in [2.05, 4.69) is 5.32 Å². The molecule has 0 aliphatic rings. The van der Waals surface area contributed by atoms with Crippen molar-refractivity contribution in [3.05, 3.63) is 58.6 Å². The summed E-state index contributed by atoms with van der Waals surface area (Å²) in [5.74, 6) is -2.57. The van der Waals surface area contributed by atoms with Crippen molar-refractivity contribution in [3.63, 3.8) is 0 Å². The number of rotatable bonds is 4. The third kappa shape index (κ3) is 3.72. The van der Waals surface area contributed by atoms with E-state index in [0.29, 0.717) is 6.07 Å². The Kier molecular flexibility index (Phi) is 5.22. The van der Waals surface area contributed by atoms with E-state index in [1.165, 1.54) is 26.2 Å². The highest BCUT2D eigenvalue weighted by atomic mass is 35.5. The minimum absolute atomic E-state index is 0.00674. The lowest BCUT2D eigenvalue weighted by Gasteiger charge is -2.13. The van der Waals surface area contributed by atoms with Gasteiger partial charge in [0.1, 0.15) is 11.6 Å². The van der Waals surface area contributed by atoms with Crippen LogP contribution in [-0.4, -0.2) is 32.7 Å². The van der Waals surface area contributed by atoms with Crippen molar-refractivity contribution in [2.24, 2.45) is 0 Å². The van der Waals surface area contributed by atoms with Crippen LogP contribution in [0.4, 0.5) is 14.5 Å². The van der Waals surface area contributed by atoms with Crippen LogP contribution in [0.25, 0.3) is 0 Å². The summed E-state index contributed by atoms with van der Waals surface area (Å²) in [4.78, 5) is 12.1. The van der Waals surface area contributed by atoms with Crippen LogP contribution in [-0.2, 0) is 10.0 Å². The summed E-state index contributed by atoms with van der Waals surface area (Å²) < 4.78 is 51.7. The van der Waals surface area contributed by atoms with Crippen LogP contribution in [0, 0.1) is 11.6 Å². The molecule has 0 bridgehead atoms. The van der Waals surface area contributed by atoms with Crippen molar-refractivity contribution in [2.45, 2.75) is 4.90 Å². The minimum Gasteiger partial charge on any atom is -0.319 e. The third-order valence-electron chi connectivity index (χ3n) is 3.14. The first kappa shape index (κ1) is 18.3. The zero-order valence-corrected chi connectivity index (χ0v) is 14.3. The molecule has 24 heavy (non-hydrogen) atoms. The van der Waals surface area contributed by atoms with Crippen molar-refractivity contribution >= 4 is 33.2 Å². The Morgan fingerprint density at radius 1 is 1.12 bits per heavy atom. The van der Waals surface area contributed by atoms with E-state index in [0.717, 1.165) is 22.5 Å². The summed E-state index contributed by atoms with van der Waals surface area (Å²) in [7, 11) is -1.08. The summed E-state index contributed by atoms with van der Waals surface area (Å²) in [6.07, 6.45) is 0. The van der Waals surface area contributed by atoms with Gasteiger partial charge in [-0.25, -0.2) is 21.5 Å². The maximum atomic E-state index is 13.6. The fourth-order valence-corrected chi connectivity index (χ4v) is 2.96. The van der Waals surface area contributed by atoms with Crippen molar-refractivity contribution in [3.8, 4) is 0 Å². The molecule has 5 nitrogen and oxygen atoms in total. The number of nitrogens with zero attached hydrogens (tertiary/aromatic N) is 1. The zero-order chi connectivity index (χ0) is 18.1. The molecular formula is C15H13ClF2N2O3S. The summed E-state index contributed by atoms with van der Waals surface area (Å²) in [6, 6.07) is 6.25. The lowest BCUT2D eigenvalue weighted by atomic mass is 10.2. The summed E-state index contributed by atoms with van der Waals surface area (Å²) in [5.41, 5.74) is -0.401. The Hall–Kier alpha value is -2.03. The Morgan fingerprint density at radius 2 is 1.79 bits per heavy atom. The first-order valence-electron chi connectivity index (χ1n) is 6.61. The van der Waals surface area contributed by atoms with E-state index in [4.69, 9.17) is 11.6 Å². The molecule has 1 N–H and O–H groups in total. The van der Waals surface area contributed by atoms with Crippen LogP contribution < -0.4 is 5.32 Å². The summed E-state index contributed by atoms with van der Waals surface area (Å²) in [5, 5.41) is 2.22. The van der Waals surface area contributed by atoms with Crippen molar-refractivity contribution in [1.82, 2.24) is 4.31 Å². The van der Waals surface area contributed by atoms with Crippen molar-refractivity contribution < 1.29 is 22.0 Å². The third-order valence-corrected chi connectivity index (χ3v) is 5.28. The van der Waals surface area contributed by atoms with Gasteiger partial charge in [0.2, 0.25) is 10.0 Å². The van der Waals surface area contributed by atoms with Gasteiger partial charge in [0.05, 0.1) is 21.2 Å². The molecule has 0 unspecified atom stereocenters. The number of amides is 1. The number of carbonyl (C=O) groups is 1. The number of halogens is 3. The van der Waals surface area contributed by atoms with E-state index in [-0.39, 0.29) is 21.2 Å². The topological polar surface area (TPSA) is 66.5 Å². The van der Waals surface area contributed by atoms with Crippen LogP contribution in [0.1, 0.15) is 10.4 Å². The van der Waals surface area contributed by atoms with Gasteiger partial charge in [-0.3, -0.25) is 4.79 Å². The predicted octanol–water partition coefficient (Wildman–Crippen LogP) is 3.12. The van der Waals surface area contributed by atoms with Crippen LogP contribution in [0.2, 0.25) is 5.02 Å². The fraction of sp³-hybridized carbons (Fsp3) is 0.133. The molecule has 0 aliphatic carbocycles. The van der Waals surface area contributed by atoms with Crippen LogP contribution in [0.3, 0.4) is 0 Å². The molecule has 0 heterocycles. The zero-order valence-electron chi connectivity index (χ0n) is 12.7. The number of carbonyl (C=O) groups excluding carboxylic acids is 1. The second-order valence-corrected chi connectivity index (χ2v) is 7.57. The van der Waals surface area contributed by atoms with Gasteiger partial charge in [0.15, 0.2) is 0 Å². The second kappa shape index (κ2) is 6.84. The van der Waals surface area contributed by atoms with Gasteiger partial charge >= 0.3 is 0 Å². The number of sulfonamides is 1. The van der Waals surface area contributed by atoms with Crippen molar-refractivity contribution in [1.29, 1.82) is 0 Å². The number of nitrogens with one attached hydrogen (secondary N) is 1. The largest absolute Gasteiger partial charge is 0.319 e. The lowest BCUT2D eigenvalue weighted by molar-refractivity contribution is 0.102. The quantitative estimate of drug-likeness (QED) is 0.894. The Bertz CT molecular complexity index is 902. The Balaban J connectivity index is 2.39.